The van der Waals surface area contributed by atoms with E-state index in [4.69, 9.17) is 18.9 Å². The van der Waals surface area contributed by atoms with Gasteiger partial charge in [0.2, 0.25) is 0 Å². The minimum atomic E-state index is -5.00. The average Bonchev–Trinajstić information content (AvgIpc) is 2.86. The number of alkyl halides is 3. The Labute approximate surface area is 244 Å². The zero-order chi connectivity index (χ0) is 31.7. The van der Waals surface area contributed by atoms with Crippen molar-refractivity contribution < 1.29 is 46.5 Å². The van der Waals surface area contributed by atoms with E-state index in [1.807, 2.05) is 6.07 Å². The summed E-state index contributed by atoms with van der Waals surface area (Å²) < 4.78 is 60.6. The van der Waals surface area contributed by atoms with Crippen LogP contribution in [0.3, 0.4) is 0 Å². The number of rotatable bonds is 10. The van der Waals surface area contributed by atoms with Crippen LogP contribution in [0.5, 0.6) is 5.75 Å². The van der Waals surface area contributed by atoms with Gasteiger partial charge in [-0.05, 0) is 77.8 Å². The molecule has 0 aromatic heterocycles. The standard InChI is InChI=1S/C30H39F3N2O7/c1-28(2,3)41-26(37)35(18-17-21-13-15-22(16-14-21)34(7)25(36)30(31,32)33)19-24(40-27(38)42-29(4,5)6)20-39-23-11-9-8-10-12-23/h8-16,24H,17-20H2,1-7H3/t24-/m0/s1. The van der Waals surface area contributed by atoms with E-state index >= 15 is 0 Å². The van der Waals surface area contributed by atoms with Crippen LogP contribution in [0.4, 0.5) is 28.4 Å². The van der Waals surface area contributed by atoms with E-state index < -0.39 is 41.6 Å². The third-order valence-corrected chi connectivity index (χ3v) is 5.45. The predicted molar refractivity (Wildman–Crippen MR) is 150 cm³/mol. The first-order valence-electron chi connectivity index (χ1n) is 13.3. The second-order valence-electron chi connectivity index (χ2n) is 11.5. The highest BCUT2D eigenvalue weighted by molar-refractivity contribution is 5.96. The number of amides is 2. The van der Waals surface area contributed by atoms with Gasteiger partial charge >= 0.3 is 24.3 Å². The summed E-state index contributed by atoms with van der Waals surface area (Å²) in [4.78, 5) is 39.1. The zero-order valence-electron chi connectivity index (χ0n) is 25.0. The number of carbonyl (C=O) groups is 3. The summed E-state index contributed by atoms with van der Waals surface area (Å²) in [5, 5.41) is 0. The lowest BCUT2D eigenvalue weighted by Crippen LogP contribution is -2.45. The van der Waals surface area contributed by atoms with Gasteiger partial charge in [-0.3, -0.25) is 4.79 Å². The lowest BCUT2D eigenvalue weighted by molar-refractivity contribution is -0.170. The highest BCUT2D eigenvalue weighted by Crippen LogP contribution is 2.23. The Kier molecular flexibility index (Phi) is 11.6. The number of benzene rings is 2. The number of hydrogen-bond donors (Lipinski definition) is 0. The lowest BCUT2D eigenvalue weighted by Gasteiger charge is -2.30. The predicted octanol–water partition coefficient (Wildman–Crippen LogP) is 6.39. The number of ether oxygens (including phenoxy) is 4. The molecule has 0 heterocycles. The molecule has 0 spiro atoms. The molecule has 1 atom stereocenters. The summed E-state index contributed by atoms with van der Waals surface area (Å²) >= 11 is 0. The summed E-state index contributed by atoms with van der Waals surface area (Å²) in [6, 6.07) is 14.8. The molecular weight excluding hydrogens is 557 g/mol. The quantitative estimate of drug-likeness (QED) is 0.293. The maximum atomic E-state index is 13.2. The van der Waals surface area contributed by atoms with Crippen LogP contribution in [0.15, 0.2) is 54.6 Å². The van der Waals surface area contributed by atoms with Crippen molar-refractivity contribution >= 4 is 23.8 Å². The number of halogens is 3. The van der Waals surface area contributed by atoms with E-state index in [1.54, 1.807) is 77.9 Å². The molecule has 0 unspecified atom stereocenters. The fraction of sp³-hybridized carbons (Fsp3) is 0.500. The van der Waals surface area contributed by atoms with Crippen LogP contribution in [0, 0.1) is 0 Å². The van der Waals surface area contributed by atoms with E-state index in [-0.39, 0.29) is 31.8 Å². The number of nitrogens with zero attached hydrogens (tertiary/aromatic N) is 2. The van der Waals surface area contributed by atoms with Gasteiger partial charge in [0, 0.05) is 19.3 Å². The number of hydrogen-bond acceptors (Lipinski definition) is 7. The Morgan fingerprint density at radius 1 is 0.833 bits per heavy atom. The molecule has 0 radical (unpaired) electrons. The Morgan fingerprint density at radius 3 is 1.93 bits per heavy atom. The SMILES string of the molecule is CN(C(=O)C(F)(F)F)c1ccc(CCN(C[C@@H](COc2ccccc2)OC(=O)OC(C)(C)C)C(=O)OC(C)(C)C)cc1. The van der Waals surface area contributed by atoms with Crippen LogP contribution < -0.4 is 9.64 Å². The van der Waals surface area contributed by atoms with Gasteiger partial charge in [-0.25, -0.2) is 9.59 Å². The minimum Gasteiger partial charge on any atom is -0.490 e. The molecule has 2 amide bonds. The van der Waals surface area contributed by atoms with Crippen molar-refractivity contribution in [2.24, 2.45) is 0 Å². The maximum Gasteiger partial charge on any atom is 0.509 e. The molecule has 0 saturated heterocycles. The third-order valence-electron chi connectivity index (χ3n) is 5.45. The third kappa shape index (κ3) is 12.3. The van der Waals surface area contributed by atoms with E-state index in [9.17, 15) is 27.6 Å². The minimum absolute atomic E-state index is 0.0639. The van der Waals surface area contributed by atoms with Crippen molar-refractivity contribution in [2.45, 2.75) is 71.4 Å². The Bertz CT molecular complexity index is 1170. The fourth-order valence-electron chi connectivity index (χ4n) is 3.53. The van der Waals surface area contributed by atoms with Crippen molar-refractivity contribution in [1.29, 1.82) is 0 Å². The summed E-state index contributed by atoms with van der Waals surface area (Å²) in [6.45, 7) is 10.2. The molecule has 0 saturated carbocycles. The van der Waals surface area contributed by atoms with Crippen LogP contribution in [0.2, 0.25) is 0 Å². The summed E-state index contributed by atoms with van der Waals surface area (Å²) in [5.74, 6) is -1.45. The van der Waals surface area contributed by atoms with Gasteiger partial charge in [0.25, 0.3) is 0 Å². The van der Waals surface area contributed by atoms with Crippen molar-refractivity contribution in [3.63, 3.8) is 0 Å². The van der Waals surface area contributed by atoms with Gasteiger partial charge in [0.1, 0.15) is 23.6 Å². The van der Waals surface area contributed by atoms with E-state index in [0.29, 0.717) is 16.2 Å². The van der Waals surface area contributed by atoms with Crippen molar-refractivity contribution in [2.75, 3.05) is 31.6 Å². The fourth-order valence-corrected chi connectivity index (χ4v) is 3.53. The first-order valence-corrected chi connectivity index (χ1v) is 13.3. The van der Waals surface area contributed by atoms with E-state index in [2.05, 4.69) is 0 Å². The lowest BCUT2D eigenvalue weighted by atomic mass is 10.1. The van der Waals surface area contributed by atoms with Crippen molar-refractivity contribution in [1.82, 2.24) is 4.90 Å². The van der Waals surface area contributed by atoms with E-state index in [1.165, 1.54) is 17.0 Å². The second kappa shape index (κ2) is 14.3. The smallest absolute Gasteiger partial charge is 0.490 e. The van der Waals surface area contributed by atoms with Gasteiger partial charge in [0.05, 0.1) is 6.54 Å². The monoisotopic (exact) mass is 596 g/mol. The van der Waals surface area contributed by atoms with Crippen LogP contribution in [-0.2, 0) is 25.4 Å². The van der Waals surface area contributed by atoms with Gasteiger partial charge in [-0.2, -0.15) is 13.2 Å². The molecule has 0 N–H and O–H groups in total. The van der Waals surface area contributed by atoms with Crippen LogP contribution >= 0.6 is 0 Å². The van der Waals surface area contributed by atoms with Crippen LogP contribution in [0.25, 0.3) is 0 Å². The molecule has 0 aliphatic rings. The van der Waals surface area contributed by atoms with Gasteiger partial charge < -0.3 is 28.7 Å². The largest absolute Gasteiger partial charge is 0.509 e. The number of anilines is 1. The molecule has 2 rings (SSSR count). The van der Waals surface area contributed by atoms with Gasteiger partial charge in [0.15, 0.2) is 6.10 Å². The summed E-state index contributed by atoms with van der Waals surface area (Å²) in [6.07, 6.45) is -7.23. The molecule has 2 aromatic carbocycles. The number of carbonyl (C=O) groups excluding carboxylic acids is 3. The molecule has 2 aromatic rings. The first-order chi connectivity index (χ1) is 19.3. The summed E-state index contributed by atoms with van der Waals surface area (Å²) in [5.41, 5.74) is -0.869. The van der Waals surface area contributed by atoms with Crippen LogP contribution in [-0.4, -0.2) is 73.3 Å². The van der Waals surface area contributed by atoms with Crippen molar-refractivity contribution in [3.05, 3.63) is 60.2 Å². The molecule has 232 valence electrons. The molecule has 0 bridgehead atoms. The molecule has 0 aliphatic heterocycles. The Balaban J connectivity index is 2.21. The van der Waals surface area contributed by atoms with Gasteiger partial charge in [-0.1, -0.05) is 30.3 Å². The topological polar surface area (TPSA) is 94.6 Å². The van der Waals surface area contributed by atoms with Crippen molar-refractivity contribution in [3.8, 4) is 5.75 Å². The first kappa shape index (κ1) is 34.2. The van der Waals surface area contributed by atoms with Crippen LogP contribution in [0.1, 0.15) is 47.1 Å². The highest BCUT2D eigenvalue weighted by Gasteiger charge is 2.41. The molecule has 12 heteroatoms. The zero-order valence-corrected chi connectivity index (χ0v) is 25.0. The molecule has 9 nitrogen and oxygen atoms in total. The normalized spacial score (nSPS) is 12.6. The van der Waals surface area contributed by atoms with Gasteiger partial charge in [-0.15, -0.1) is 0 Å². The summed E-state index contributed by atoms with van der Waals surface area (Å²) in [7, 11) is 1.04. The second-order valence-corrected chi connectivity index (χ2v) is 11.5. The molecule has 42 heavy (non-hydrogen) atoms. The molecule has 0 aliphatic carbocycles. The Morgan fingerprint density at radius 2 is 1.40 bits per heavy atom. The maximum absolute atomic E-state index is 13.2. The molecule has 0 fully saturated rings. The number of para-hydroxylation sites is 1. The average molecular weight is 597 g/mol. The highest BCUT2D eigenvalue weighted by atomic mass is 19.4. The Hall–Kier alpha value is -3.96. The molecular formula is C30H39F3N2O7. The van der Waals surface area contributed by atoms with E-state index in [0.717, 1.165) is 7.05 Å².